The predicted octanol–water partition coefficient (Wildman–Crippen LogP) is 2.86. The largest absolute Gasteiger partial charge is 0.364 e. The fourth-order valence-corrected chi connectivity index (χ4v) is 1.61. The summed E-state index contributed by atoms with van der Waals surface area (Å²) in [5.41, 5.74) is 5.80. The SMILES string of the molecule is CNC(=S)N/N=C\c1ccc(Nc2ccccc2)cc1. The van der Waals surface area contributed by atoms with Gasteiger partial charge in [0.25, 0.3) is 0 Å². The van der Waals surface area contributed by atoms with Crippen molar-refractivity contribution in [3.05, 3.63) is 60.2 Å². The Morgan fingerprint density at radius 1 is 1.00 bits per heavy atom. The molecule has 2 aromatic carbocycles. The van der Waals surface area contributed by atoms with Crippen molar-refractivity contribution in [2.45, 2.75) is 0 Å². The van der Waals surface area contributed by atoms with Crippen LogP contribution in [0.3, 0.4) is 0 Å². The van der Waals surface area contributed by atoms with Gasteiger partial charge in [0.15, 0.2) is 5.11 Å². The highest BCUT2D eigenvalue weighted by atomic mass is 32.1. The number of nitrogens with one attached hydrogen (secondary N) is 3. The van der Waals surface area contributed by atoms with Gasteiger partial charge in [-0.3, -0.25) is 5.43 Å². The molecule has 0 spiro atoms. The molecule has 0 aliphatic carbocycles. The second-order valence-corrected chi connectivity index (χ2v) is 4.47. The van der Waals surface area contributed by atoms with E-state index in [1.165, 1.54) is 0 Å². The molecule has 0 aromatic heterocycles. The summed E-state index contributed by atoms with van der Waals surface area (Å²) in [5.74, 6) is 0. The fraction of sp³-hybridized carbons (Fsp3) is 0.0667. The second kappa shape index (κ2) is 7.25. The van der Waals surface area contributed by atoms with Crippen molar-refractivity contribution in [1.82, 2.24) is 10.7 Å². The van der Waals surface area contributed by atoms with Gasteiger partial charge in [-0.2, -0.15) is 5.10 Å². The van der Waals surface area contributed by atoms with Crippen LogP contribution in [0, 0.1) is 0 Å². The molecule has 2 rings (SSSR count). The fourth-order valence-electron chi connectivity index (χ4n) is 1.56. The van der Waals surface area contributed by atoms with Gasteiger partial charge < -0.3 is 10.6 Å². The first kappa shape index (κ1) is 14.0. The van der Waals surface area contributed by atoms with Crippen molar-refractivity contribution in [3.8, 4) is 0 Å². The number of para-hydroxylation sites is 1. The molecule has 0 saturated carbocycles. The van der Waals surface area contributed by atoms with Crippen LogP contribution in [0.25, 0.3) is 0 Å². The van der Waals surface area contributed by atoms with Crippen molar-refractivity contribution in [1.29, 1.82) is 0 Å². The average Bonchev–Trinajstić information content (AvgIpc) is 2.50. The van der Waals surface area contributed by atoms with Crippen LogP contribution < -0.4 is 16.1 Å². The van der Waals surface area contributed by atoms with E-state index >= 15 is 0 Å². The van der Waals surface area contributed by atoms with Gasteiger partial charge in [0.1, 0.15) is 0 Å². The monoisotopic (exact) mass is 284 g/mol. The molecule has 0 fully saturated rings. The molecule has 0 radical (unpaired) electrons. The lowest BCUT2D eigenvalue weighted by Crippen LogP contribution is -2.28. The van der Waals surface area contributed by atoms with E-state index in [1.807, 2.05) is 54.6 Å². The average molecular weight is 284 g/mol. The van der Waals surface area contributed by atoms with E-state index < -0.39 is 0 Å². The summed E-state index contributed by atoms with van der Waals surface area (Å²) in [5, 5.41) is 10.6. The van der Waals surface area contributed by atoms with Gasteiger partial charge in [-0.1, -0.05) is 30.3 Å². The second-order valence-electron chi connectivity index (χ2n) is 4.06. The molecule has 0 amide bonds. The first-order valence-electron chi connectivity index (χ1n) is 6.21. The highest BCUT2D eigenvalue weighted by molar-refractivity contribution is 7.80. The van der Waals surface area contributed by atoms with Crippen LogP contribution in [0.4, 0.5) is 11.4 Å². The summed E-state index contributed by atoms with van der Waals surface area (Å²) in [4.78, 5) is 0. The quantitative estimate of drug-likeness (QED) is 0.459. The standard InChI is InChI=1S/C15H16N4S/c1-16-15(20)19-17-11-12-7-9-14(10-8-12)18-13-5-3-2-4-6-13/h2-11,18H,1H3,(H2,16,19,20)/b17-11-. The maximum Gasteiger partial charge on any atom is 0.186 e. The molecule has 0 atom stereocenters. The van der Waals surface area contributed by atoms with E-state index in [9.17, 15) is 0 Å². The molecule has 0 saturated heterocycles. The maximum atomic E-state index is 4.92. The third-order valence-electron chi connectivity index (χ3n) is 2.58. The van der Waals surface area contributed by atoms with E-state index in [0.29, 0.717) is 5.11 Å². The van der Waals surface area contributed by atoms with E-state index in [2.05, 4.69) is 21.2 Å². The molecule has 0 heterocycles. The lowest BCUT2D eigenvalue weighted by molar-refractivity contribution is 0.982. The molecular formula is C15H16N4S. The molecule has 5 heteroatoms. The Balaban J connectivity index is 1.94. The number of thiocarbonyl (C=S) groups is 1. The molecule has 20 heavy (non-hydrogen) atoms. The van der Waals surface area contributed by atoms with Crippen molar-refractivity contribution >= 4 is 34.9 Å². The zero-order chi connectivity index (χ0) is 14.2. The maximum absolute atomic E-state index is 4.92. The summed E-state index contributed by atoms with van der Waals surface area (Å²) in [7, 11) is 1.74. The number of rotatable bonds is 4. The van der Waals surface area contributed by atoms with Gasteiger partial charge in [-0.15, -0.1) is 0 Å². The number of hydrazone groups is 1. The van der Waals surface area contributed by atoms with Crippen LogP contribution in [0.5, 0.6) is 0 Å². The molecule has 2 aromatic rings. The van der Waals surface area contributed by atoms with Gasteiger partial charge in [0.2, 0.25) is 0 Å². The van der Waals surface area contributed by atoms with Gasteiger partial charge in [0.05, 0.1) is 6.21 Å². The summed E-state index contributed by atoms with van der Waals surface area (Å²) >= 11 is 4.92. The van der Waals surface area contributed by atoms with E-state index in [4.69, 9.17) is 12.2 Å². The lowest BCUT2D eigenvalue weighted by Gasteiger charge is -2.06. The highest BCUT2D eigenvalue weighted by Crippen LogP contribution is 2.15. The van der Waals surface area contributed by atoms with E-state index in [-0.39, 0.29) is 0 Å². The lowest BCUT2D eigenvalue weighted by atomic mass is 10.2. The molecule has 0 aliphatic heterocycles. The first-order chi connectivity index (χ1) is 9.78. The normalized spacial score (nSPS) is 10.2. The number of anilines is 2. The van der Waals surface area contributed by atoms with Crippen LogP contribution in [0.2, 0.25) is 0 Å². The number of nitrogens with zero attached hydrogens (tertiary/aromatic N) is 1. The molecule has 102 valence electrons. The van der Waals surface area contributed by atoms with Crippen molar-refractivity contribution in [2.24, 2.45) is 5.10 Å². The van der Waals surface area contributed by atoms with Gasteiger partial charge in [-0.05, 0) is 42.0 Å². The van der Waals surface area contributed by atoms with Crippen LogP contribution in [-0.2, 0) is 0 Å². The van der Waals surface area contributed by atoms with E-state index in [0.717, 1.165) is 16.9 Å². The highest BCUT2D eigenvalue weighted by Gasteiger charge is 1.94. The molecule has 0 unspecified atom stereocenters. The predicted molar refractivity (Wildman–Crippen MR) is 88.6 cm³/mol. The van der Waals surface area contributed by atoms with Gasteiger partial charge >= 0.3 is 0 Å². The summed E-state index contributed by atoms with van der Waals surface area (Å²) in [6.45, 7) is 0. The third-order valence-corrected chi connectivity index (χ3v) is 2.88. The molecular weight excluding hydrogens is 268 g/mol. The minimum atomic E-state index is 0.489. The number of hydrogen-bond donors (Lipinski definition) is 3. The molecule has 3 N–H and O–H groups in total. The Morgan fingerprint density at radius 2 is 1.65 bits per heavy atom. The zero-order valence-corrected chi connectivity index (χ0v) is 11.9. The Bertz CT molecular complexity index is 579. The van der Waals surface area contributed by atoms with Crippen LogP contribution in [-0.4, -0.2) is 18.4 Å². The third kappa shape index (κ3) is 4.37. The Labute approximate surface area is 123 Å². The number of hydrogen-bond acceptors (Lipinski definition) is 3. The van der Waals surface area contributed by atoms with Crippen molar-refractivity contribution in [2.75, 3.05) is 12.4 Å². The Kier molecular flexibility index (Phi) is 5.08. The number of benzene rings is 2. The molecule has 0 aliphatic rings. The smallest absolute Gasteiger partial charge is 0.186 e. The van der Waals surface area contributed by atoms with Crippen LogP contribution in [0.15, 0.2) is 59.7 Å². The van der Waals surface area contributed by atoms with Crippen LogP contribution >= 0.6 is 12.2 Å². The topological polar surface area (TPSA) is 48.5 Å². The van der Waals surface area contributed by atoms with E-state index in [1.54, 1.807) is 13.3 Å². The summed E-state index contributed by atoms with van der Waals surface area (Å²) in [6.07, 6.45) is 1.72. The minimum Gasteiger partial charge on any atom is -0.364 e. The summed E-state index contributed by atoms with van der Waals surface area (Å²) < 4.78 is 0. The van der Waals surface area contributed by atoms with Gasteiger partial charge in [0, 0.05) is 18.4 Å². The van der Waals surface area contributed by atoms with Crippen molar-refractivity contribution < 1.29 is 0 Å². The Hall–Kier alpha value is -2.40. The molecule has 4 nitrogen and oxygen atoms in total. The van der Waals surface area contributed by atoms with Crippen molar-refractivity contribution in [3.63, 3.8) is 0 Å². The Morgan fingerprint density at radius 3 is 2.30 bits per heavy atom. The van der Waals surface area contributed by atoms with Crippen LogP contribution in [0.1, 0.15) is 5.56 Å². The minimum absolute atomic E-state index is 0.489. The first-order valence-corrected chi connectivity index (χ1v) is 6.61. The van der Waals surface area contributed by atoms with Gasteiger partial charge in [-0.25, -0.2) is 0 Å². The zero-order valence-electron chi connectivity index (χ0n) is 11.1. The summed E-state index contributed by atoms with van der Waals surface area (Å²) in [6, 6.07) is 18.0. The molecule has 0 bridgehead atoms.